The van der Waals surface area contributed by atoms with Gasteiger partial charge in [0.1, 0.15) is 14.9 Å². The van der Waals surface area contributed by atoms with Gasteiger partial charge in [0.25, 0.3) is 0 Å². The van der Waals surface area contributed by atoms with E-state index < -0.39 is 14.9 Å². The Morgan fingerprint density at radius 3 is 2.47 bits per heavy atom. The van der Waals surface area contributed by atoms with Crippen molar-refractivity contribution in [1.82, 2.24) is 0 Å². The topological polar surface area (TPSA) is 44.8 Å². The molecule has 1 unspecified atom stereocenters. The molecule has 0 aliphatic rings. The van der Waals surface area contributed by atoms with E-state index >= 15 is 0 Å². The number of esters is 1. The van der Waals surface area contributed by atoms with Gasteiger partial charge in [-0.25, -0.2) is 4.79 Å². The molecule has 0 radical (unpaired) electrons. The molecule has 0 rings (SSSR count). The molecule has 0 aromatic carbocycles. The predicted octanol–water partition coefficient (Wildman–Crippen LogP) is 1.37. The minimum absolute atomic E-state index is 0.0645. The highest BCUT2D eigenvalue weighted by atomic mass is 28.2. The number of unbranched alkanes of at least 4 members (excludes halogenated alkanes) is 1. The molecule has 0 spiro atoms. The summed E-state index contributed by atoms with van der Waals surface area (Å²) in [5.41, 5.74) is -0.648. The van der Waals surface area contributed by atoms with Crippen LogP contribution in [0.1, 0.15) is 33.1 Å². The average molecular weight is 260 g/mol. The van der Waals surface area contributed by atoms with Gasteiger partial charge in [0.15, 0.2) is 0 Å². The molecule has 0 heterocycles. The van der Waals surface area contributed by atoms with Crippen LogP contribution in [0.2, 0.25) is 0 Å². The third-order valence-corrected chi connectivity index (χ3v) is 5.14. The summed E-state index contributed by atoms with van der Waals surface area (Å²) in [6.07, 6.45) is 4.17. The summed E-state index contributed by atoms with van der Waals surface area (Å²) >= 11 is 0. The first kappa shape index (κ1) is 16.3. The average Bonchev–Trinajstić information content (AvgIpc) is 2.35. The zero-order valence-electron chi connectivity index (χ0n) is 11.3. The summed E-state index contributed by atoms with van der Waals surface area (Å²) in [5.74, 6) is -0.367. The van der Waals surface area contributed by atoms with Crippen LogP contribution < -0.4 is 0 Å². The number of hydrogen-bond donors (Lipinski definition) is 0. The lowest BCUT2D eigenvalue weighted by molar-refractivity contribution is -0.145. The van der Waals surface area contributed by atoms with Gasteiger partial charge in [0.05, 0.1) is 5.73 Å². The van der Waals surface area contributed by atoms with Crippen LogP contribution in [0.25, 0.3) is 0 Å². The fourth-order valence-electron chi connectivity index (χ4n) is 1.51. The second kappa shape index (κ2) is 8.44. The quantitative estimate of drug-likeness (QED) is 0.272. The van der Waals surface area contributed by atoms with Crippen molar-refractivity contribution < 1.29 is 19.0 Å². The summed E-state index contributed by atoms with van der Waals surface area (Å²) < 4.78 is 16.0. The molecule has 0 fully saturated rings. The van der Waals surface area contributed by atoms with Gasteiger partial charge in [-0.3, -0.25) is 0 Å². The second-order valence-corrected chi connectivity index (χ2v) is 6.75. The molecule has 0 N–H and O–H groups in total. The number of ether oxygens (including phenoxy) is 3. The van der Waals surface area contributed by atoms with Crippen LogP contribution >= 0.6 is 0 Å². The predicted molar refractivity (Wildman–Crippen MR) is 70.6 cm³/mol. The first-order chi connectivity index (χ1) is 8.01. The first-order valence-corrected chi connectivity index (χ1v) is 7.47. The van der Waals surface area contributed by atoms with Crippen LogP contribution in [0.4, 0.5) is 0 Å². The molecule has 100 valence electrons. The van der Waals surface area contributed by atoms with Gasteiger partial charge in [-0.1, -0.05) is 26.3 Å². The summed E-state index contributed by atoms with van der Waals surface area (Å²) in [6.45, 7) is 7.41. The van der Waals surface area contributed by atoms with Crippen LogP contribution in [-0.4, -0.2) is 40.8 Å². The van der Waals surface area contributed by atoms with Crippen molar-refractivity contribution in [2.45, 2.75) is 44.2 Å². The Morgan fingerprint density at radius 1 is 1.47 bits per heavy atom. The lowest BCUT2D eigenvalue weighted by Gasteiger charge is -2.30. The van der Waals surface area contributed by atoms with Crippen molar-refractivity contribution in [3.63, 3.8) is 0 Å². The minimum Gasteiger partial charge on any atom is -0.464 e. The minimum atomic E-state index is -0.865. The maximum atomic E-state index is 11.2. The highest BCUT2D eigenvalue weighted by molar-refractivity contribution is 6.40. The second-order valence-electron chi connectivity index (χ2n) is 4.15. The van der Waals surface area contributed by atoms with Crippen molar-refractivity contribution in [3.8, 4) is 0 Å². The molecule has 5 heteroatoms. The molecular formula is C12H24O4Si. The third kappa shape index (κ3) is 6.60. The van der Waals surface area contributed by atoms with Gasteiger partial charge < -0.3 is 14.2 Å². The highest BCUT2D eigenvalue weighted by Crippen LogP contribution is 2.14. The Morgan fingerprint density at radius 2 is 2.06 bits per heavy atom. The maximum Gasteiger partial charge on any atom is 0.330 e. The molecule has 0 amide bonds. The summed E-state index contributed by atoms with van der Waals surface area (Å²) in [6, 6.07) is 0. The number of hydrogen-bond acceptors (Lipinski definition) is 4. The number of rotatable bonds is 9. The van der Waals surface area contributed by atoms with E-state index in [0.717, 1.165) is 19.3 Å². The Hall–Kier alpha value is -0.653. The van der Waals surface area contributed by atoms with E-state index in [1.807, 2.05) is 6.92 Å². The molecule has 0 aromatic rings. The van der Waals surface area contributed by atoms with Crippen molar-refractivity contribution >= 4 is 15.5 Å². The van der Waals surface area contributed by atoms with Crippen molar-refractivity contribution in [1.29, 1.82) is 0 Å². The monoisotopic (exact) mass is 260 g/mol. The van der Waals surface area contributed by atoms with E-state index in [1.165, 1.54) is 6.08 Å². The van der Waals surface area contributed by atoms with Crippen molar-refractivity contribution in [2.24, 2.45) is 0 Å². The fourth-order valence-corrected chi connectivity index (χ4v) is 3.41. The lowest BCUT2D eigenvalue weighted by atomic mass is 10.3. The Bertz CT molecular complexity index is 239. The van der Waals surface area contributed by atoms with Crippen LogP contribution in [-0.2, 0) is 19.0 Å². The standard InChI is InChI=1S/C12H24O4Si/c1-6-8-9-11(16-10(13)7-2)17-12(3,14-4)15-5/h7,11H,2,6,8-9,17H2,1,3-5H3. The summed E-state index contributed by atoms with van der Waals surface area (Å²) in [7, 11) is 2.36. The van der Waals surface area contributed by atoms with Gasteiger partial charge in [-0.2, -0.15) is 0 Å². The van der Waals surface area contributed by atoms with E-state index in [9.17, 15) is 4.79 Å². The molecule has 0 bridgehead atoms. The van der Waals surface area contributed by atoms with E-state index in [1.54, 1.807) is 14.2 Å². The van der Waals surface area contributed by atoms with Crippen molar-refractivity contribution in [2.75, 3.05) is 14.2 Å². The van der Waals surface area contributed by atoms with E-state index in [0.29, 0.717) is 0 Å². The molecule has 1 atom stereocenters. The Kier molecular flexibility index (Phi) is 8.12. The molecule has 0 aromatic heterocycles. The molecule has 0 saturated carbocycles. The molecular weight excluding hydrogens is 236 g/mol. The summed E-state index contributed by atoms with van der Waals surface area (Å²) in [4.78, 5) is 11.2. The maximum absolute atomic E-state index is 11.2. The van der Waals surface area contributed by atoms with E-state index in [-0.39, 0.29) is 11.7 Å². The smallest absolute Gasteiger partial charge is 0.330 e. The number of carbonyl (C=O) groups excluding carboxylic acids is 1. The molecule has 17 heavy (non-hydrogen) atoms. The SMILES string of the molecule is C=CC(=O)OC(CCCC)[SiH2]C(C)(OC)OC. The molecule has 0 saturated heterocycles. The van der Waals surface area contributed by atoms with E-state index in [4.69, 9.17) is 14.2 Å². The number of carbonyl (C=O) groups is 1. The van der Waals surface area contributed by atoms with Gasteiger partial charge in [-0.05, 0) is 13.3 Å². The molecule has 0 aliphatic heterocycles. The Balaban J connectivity index is 4.45. The molecule has 0 aliphatic carbocycles. The Labute approximate surface area is 106 Å². The van der Waals surface area contributed by atoms with Crippen LogP contribution in [0.3, 0.4) is 0 Å². The fraction of sp³-hybridized carbons (Fsp3) is 0.750. The van der Waals surface area contributed by atoms with Gasteiger partial charge >= 0.3 is 5.97 Å². The highest BCUT2D eigenvalue weighted by Gasteiger charge is 2.29. The molecule has 4 nitrogen and oxygen atoms in total. The van der Waals surface area contributed by atoms with Crippen LogP contribution in [0.5, 0.6) is 0 Å². The number of methoxy groups -OCH3 is 2. The largest absolute Gasteiger partial charge is 0.464 e. The third-order valence-electron chi connectivity index (χ3n) is 2.79. The zero-order chi connectivity index (χ0) is 13.3. The lowest BCUT2D eigenvalue weighted by Crippen LogP contribution is -2.44. The van der Waals surface area contributed by atoms with Crippen molar-refractivity contribution in [3.05, 3.63) is 12.7 Å². The van der Waals surface area contributed by atoms with E-state index in [2.05, 4.69) is 13.5 Å². The summed E-state index contributed by atoms with van der Waals surface area (Å²) in [5, 5.41) is 0. The van der Waals surface area contributed by atoms with Gasteiger partial charge in [-0.15, -0.1) is 0 Å². The van der Waals surface area contributed by atoms with Gasteiger partial charge in [0, 0.05) is 20.3 Å². The normalized spacial score (nSPS) is 13.9. The van der Waals surface area contributed by atoms with Gasteiger partial charge in [0.2, 0.25) is 0 Å². The van der Waals surface area contributed by atoms with Crippen LogP contribution in [0, 0.1) is 0 Å². The zero-order valence-corrected chi connectivity index (χ0v) is 12.7. The van der Waals surface area contributed by atoms with Crippen LogP contribution in [0.15, 0.2) is 12.7 Å². The first-order valence-electron chi connectivity index (χ1n) is 5.94.